The average molecular weight is 370 g/mol. The van der Waals surface area contributed by atoms with Gasteiger partial charge in [-0.25, -0.2) is 0 Å². The molecule has 0 unspecified atom stereocenters. The Bertz CT molecular complexity index is 650. The van der Waals surface area contributed by atoms with E-state index < -0.39 is 30.1 Å². The number of carboxylic acid groups (broad SMARTS) is 1. The van der Waals surface area contributed by atoms with Gasteiger partial charge in [0.25, 0.3) is 5.91 Å². The van der Waals surface area contributed by atoms with E-state index in [2.05, 4.69) is 5.32 Å². The van der Waals surface area contributed by atoms with Crippen molar-refractivity contribution >= 4 is 17.8 Å². The second-order valence-corrected chi connectivity index (χ2v) is 5.98. The van der Waals surface area contributed by atoms with E-state index in [1.807, 2.05) is 30.3 Å². The molecule has 1 aromatic rings. The first-order chi connectivity index (χ1) is 12.1. The minimum Gasteiger partial charge on any atom is -0.547 e. The Morgan fingerprint density at radius 1 is 1.15 bits per heavy atom. The molecular weight excluding hydrogens is 351 g/mol. The smallest absolute Gasteiger partial charge is 0.547 e. The summed E-state index contributed by atoms with van der Waals surface area (Å²) in [6.45, 7) is 1.83. The first kappa shape index (κ1) is 20.9. The first-order valence-electron chi connectivity index (χ1n) is 8.13. The van der Waals surface area contributed by atoms with Crippen molar-refractivity contribution in [1.29, 1.82) is 0 Å². The van der Waals surface area contributed by atoms with E-state index >= 15 is 0 Å². The molecule has 0 aromatic heterocycles. The minimum absolute atomic E-state index is 0. The van der Waals surface area contributed by atoms with Crippen LogP contribution in [0, 0.1) is 0 Å². The molecule has 3 rings (SSSR count). The van der Waals surface area contributed by atoms with Crippen molar-refractivity contribution in [3.8, 4) is 0 Å². The zero-order valence-corrected chi connectivity index (χ0v) is 16.6. The van der Waals surface area contributed by atoms with Crippen LogP contribution in [0.15, 0.2) is 30.3 Å². The normalized spacial score (nSPS) is 22.7. The largest absolute Gasteiger partial charge is 1.00 e. The predicted octanol–water partition coefficient (Wildman–Crippen LogP) is -4.91. The van der Waals surface area contributed by atoms with Crippen LogP contribution in [0.3, 0.4) is 0 Å². The number of hydrogen-bond donors (Lipinski definition) is 1. The standard InChI is InChI=1S/C17H20N2O6.Na/c20-15(13-14(25-13)17(22)23)18-12(10-11-4-2-1-3-5-11)16(21)19-6-8-24-9-7-19;/h1-5,12-14H,6-10H2,(H,18,20)(H,22,23);/q;+1/p-1/t12-,13-,14-;/m0./s1. The molecule has 0 aliphatic carbocycles. The molecule has 134 valence electrons. The number of aliphatic carboxylic acids is 1. The summed E-state index contributed by atoms with van der Waals surface area (Å²) in [5.41, 5.74) is 0.891. The van der Waals surface area contributed by atoms with Crippen LogP contribution in [-0.2, 0) is 30.3 Å². The third kappa shape index (κ3) is 5.28. The number of carboxylic acids is 1. The Labute approximate surface area is 173 Å². The molecule has 2 saturated heterocycles. The van der Waals surface area contributed by atoms with Gasteiger partial charge in [0.15, 0.2) is 6.10 Å². The molecule has 9 heteroatoms. The van der Waals surface area contributed by atoms with Crippen molar-refractivity contribution in [3.63, 3.8) is 0 Å². The maximum absolute atomic E-state index is 12.8. The molecule has 2 amide bonds. The summed E-state index contributed by atoms with van der Waals surface area (Å²) in [5.74, 6) is -2.26. The zero-order valence-electron chi connectivity index (χ0n) is 14.6. The van der Waals surface area contributed by atoms with Crippen LogP contribution >= 0.6 is 0 Å². The molecule has 0 spiro atoms. The van der Waals surface area contributed by atoms with Crippen LogP contribution < -0.4 is 40.0 Å². The van der Waals surface area contributed by atoms with Crippen LogP contribution in [0.2, 0.25) is 0 Å². The van der Waals surface area contributed by atoms with Gasteiger partial charge in [0.2, 0.25) is 5.91 Å². The fraction of sp³-hybridized carbons (Fsp3) is 0.471. The van der Waals surface area contributed by atoms with Crippen molar-refractivity contribution in [2.24, 2.45) is 0 Å². The minimum atomic E-state index is -1.43. The number of amides is 2. The number of rotatable bonds is 6. The van der Waals surface area contributed by atoms with Crippen molar-refractivity contribution in [3.05, 3.63) is 35.9 Å². The summed E-state index contributed by atoms with van der Waals surface area (Å²) in [4.78, 5) is 37.3. The van der Waals surface area contributed by atoms with Crippen LogP contribution in [-0.4, -0.2) is 67.2 Å². The maximum Gasteiger partial charge on any atom is 1.00 e. The molecule has 8 nitrogen and oxygen atoms in total. The molecule has 0 saturated carbocycles. The molecular formula is C17H19N2NaO6. The average Bonchev–Trinajstić information content (AvgIpc) is 3.43. The quantitative estimate of drug-likeness (QED) is 0.397. The maximum atomic E-state index is 12.8. The molecule has 1 N–H and O–H groups in total. The Balaban J connectivity index is 0.00000243. The number of nitrogens with zero attached hydrogens (tertiary/aromatic N) is 1. The molecule has 26 heavy (non-hydrogen) atoms. The fourth-order valence-electron chi connectivity index (χ4n) is 2.80. The molecule has 0 radical (unpaired) electrons. The second-order valence-electron chi connectivity index (χ2n) is 5.98. The summed E-state index contributed by atoms with van der Waals surface area (Å²) >= 11 is 0. The molecule has 0 bridgehead atoms. The van der Waals surface area contributed by atoms with Gasteiger partial charge in [-0.3, -0.25) is 9.59 Å². The van der Waals surface area contributed by atoms with Gasteiger partial charge in [-0.1, -0.05) is 30.3 Å². The van der Waals surface area contributed by atoms with E-state index in [0.717, 1.165) is 5.56 Å². The summed E-state index contributed by atoms with van der Waals surface area (Å²) < 4.78 is 10.0. The topological polar surface area (TPSA) is 111 Å². The number of ether oxygens (including phenoxy) is 2. The Kier molecular flexibility index (Phi) is 7.60. The Hall–Kier alpha value is -1.45. The fourth-order valence-corrected chi connectivity index (χ4v) is 2.80. The van der Waals surface area contributed by atoms with E-state index in [4.69, 9.17) is 9.47 Å². The Morgan fingerprint density at radius 3 is 2.38 bits per heavy atom. The predicted molar refractivity (Wildman–Crippen MR) is 83.1 cm³/mol. The number of carbonyl (C=O) groups is 3. The third-order valence-electron chi connectivity index (χ3n) is 4.20. The zero-order chi connectivity index (χ0) is 17.8. The number of epoxide rings is 1. The van der Waals surface area contributed by atoms with Crippen molar-refractivity contribution in [2.75, 3.05) is 26.3 Å². The van der Waals surface area contributed by atoms with E-state index in [1.54, 1.807) is 4.90 Å². The van der Waals surface area contributed by atoms with Gasteiger partial charge in [0.1, 0.15) is 12.1 Å². The van der Waals surface area contributed by atoms with Crippen molar-refractivity contribution < 1.29 is 58.5 Å². The number of carbonyl (C=O) groups excluding carboxylic acids is 3. The number of morpholine rings is 1. The van der Waals surface area contributed by atoms with Gasteiger partial charge in [-0.2, -0.15) is 0 Å². The van der Waals surface area contributed by atoms with E-state index in [0.29, 0.717) is 32.7 Å². The number of nitrogens with one attached hydrogen (secondary N) is 1. The second kappa shape index (κ2) is 9.48. The van der Waals surface area contributed by atoms with Crippen LogP contribution in [0.1, 0.15) is 5.56 Å². The SMILES string of the molecule is O=C([O-])[C@H]1O[C@@H]1C(=O)N[C@@H](Cc1ccccc1)C(=O)N1CCOCC1.[Na+]. The van der Waals surface area contributed by atoms with Crippen LogP contribution in [0.25, 0.3) is 0 Å². The molecule has 2 fully saturated rings. The first-order valence-corrected chi connectivity index (χ1v) is 8.13. The van der Waals surface area contributed by atoms with Gasteiger partial charge >= 0.3 is 29.6 Å². The molecule has 3 atom stereocenters. The number of hydrogen-bond acceptors (Lipinski definition) is 6. The van der Waals surface area contributed by atoms with E-state index in [1.165, 1.54) is 0 Å². The summed E-state index contributed by atoms with van der Waals surface area (Å²) in [5, 5.41) is 13.4. The van der Waals surface area contributed by atoms with Crippen LogP contribution in [0.5, 0.6) is 0 Å². The van der Waals surface area contributed by atoms with Crippen LogP contribution in [0.4, 0.5) is 0 Å². The summed E-state index contributed by atoms with van der Waals surface area (Å²) in [6.07, 6.45) is -2.03. The molecule has 1 aromatic carbocycles. The van der Waals surface area contributed by atoms with Crippen molar-refractivity contribution in [1.82, 2.24) is 10.2 Å². The van der Waals surface area contributed by atoms with Crippen molar-refractivity contribution in [2.45, 2.75) is 24.7 Å². The molecule has 2 heterocycles. The summed E-state index contributed by atoms with van der Waals surface area (Å²) in [6, 6.07) is 8.50. The number of benzene rings is 1. The van der Waals surface area contributed by atoms with Gasteiger partial charge in [-0.05, 0) is 5.56 Å². The molecule has 2 aliphatic heterocycles. The monoisotopic (exact) mass is 370 g/mol. The Morgan fingerprint density at radius 2 is 1.81 bits per heavy atom. The van der Waals surface area contributed by atoms with Gasteiger partial charge < -0.3 is 29.6 Å². The van der Waals surface area contributed by atoms with Gasteiger partial charge in [0.05, 0.1) is 19.2 Å². The summed E-state index contributed by atoms with van der Waals surface area (Å²) in [7, 11) is 0. The van der Waals surface area contributed by atoms with Gasteiger partial charge in [0, 0.05) is 19.5 Å². The third-order valence-corrected chi connectivity index (χ3v) is 4.20. The van der Waals surface area contributed by atoms with Gasteiger partial charge in [-0.15, -0.1) is 0 Å². The van der Waals surface area contributed by atoms with E-state index in [-0.39, 0.29) is 35.5 Å². The molecule has 2 aliphatic rings. The van der Waals surface area contributed by atoms with E-state index in [9.17, 15) is 19.5 Å².